The van der Waals surface area contributed by atoms with Gasteiger partial charge in [0.25, 0.3) is 0 Å². The molecule has 4 nitrogen and oxygen atoms in total. The van der Waals surface area contributed by atoms with E-state index in [2.05, 4.69) is 42.3 Å². The molecule has 1 aliphatic carbocycles. The number of amides is 1. The molecule has 1 unspecified atom stereocenters. The molecule has 3 fully saturated rings. The Morgan fingerprint density at radius 2 is 1.84 bits per heavy atom. The Kier molecular flexibility index (Phi) is 5.04. The van der Waals surface area contributed by atoms with Gasteiger partial charge in [-0.25, -0.2) is 9.18 Å². The molecule has 0 radical (unpaired) electrons. The third kappa shape index (κ3) is 3.84. The molecule has 2 atom stereocenters. The molecular weight excluding hydrogens is 391 g/mol. The van der Waals surface area contributed by atoms with Crippen LogP contribution in [0.2, 0.25) is 0 Å². The summed E-state index contributed by atoms with van der Waals surface area (Å²) in [4.78, 5) is 15.2. The summed E-state index contributed by atoms with van der Waals surface area (Å²) in [5.41, 5.74) is 5.02. The first-order valence-corrected chi connectivity index (χ1v) is 11.4. The van der Waals surface area contributed by atoms with Gasteiger partial charge < -0.3 is 10.1 Å². The number of halogens is 1. The molecule has 2 aromatic carbocycles. The number of carbonyl (C=O) groups excluding carboxylic acids is 1. The van der Waals surface area contributed by atoms with Crippen molar-refractivity contribution in [1.29, 1.82) is 0 Å². The lowest BCUT2D eigenvalue weighted by atomic mass is 9.85. The van der Waals surface area contributed by atoms with Crippen LogP contribution >= 0.6 is 0 Å². The minimum Gasteiger partial charge on any atom is -0.445 e. The van der Waals surface area contributed by atoms with Crippen molar-refractivity contribution in [2.45, 2.75) is 52.2 Å². The van der Waals surface area contributed by atoms with Crippen molar-refractivity contribution in [2.24, 2.45) is 11.3 Å². The fourth-order valence-electron chi connectivity index (χ4n) is 5.66. The van der Waals surface area contributed by atoms with Crippen LogP contribution in [0.25, 0.3) is 11.1 Å². The zero-order valence-corrected chi connectivity index (χ0v) is 18.6. The van der Waals surface area contributed by atoms with Crippen LogP contribution in [0.15, 0.2) is 36.4 Å². The molecule has 1 N–H and O–H groups in total. The van der Waals surface area contributed by atoms with E-state index >= 15 is 0 Å². The summed E-state index contributed by atoms with van der Waals surface area (Å²) in [6, 6.07) is 11.5. The van der Waals surface area contributed by atoms with E-state index in [0.717, 1.165) is 55.6 Å². The van der Waals surface area contributed by atoms with Gasteiger partial charge >= 0.3 is 6.09 Å². The van der Waals surface area contributed by atoms with Crippen molar-refractivity contribution in [1.82, 2.24) is 10.2 Å². The smallest absolute Gasteiger partial charge is 0.407 e. The van der Waals surface area contributed by atoms with Crippen LogP contribution in [-0.4, -0.2) is 36.7 Å². The number of alkyl carbamates (subject to hydrolysis) is 1. The monoisotopic (exact) mass is 422 g/mol. The van der Waals surface area contributed by atoms with Crippen molar-refractivity contribution in [3.05, 3.63) is 58.9 Å². The minimum atomic E-state index is -0.303. The van der Waals surface area contributed by atoms with Crippen LogP contribution in [-0.2, 0) is 11.2 Å². The van der Waals surface area contributed by atoms with Gasteiger partial charge in [-0.1, -0.05) is 38.1 Å². The van der Waals surface area contributed by atoms with E-state index in [1.54, 1.807) is 6.92 Å². The number of carbonyl (C=O) groups is 1. The summed E-state index contributed by atoms with van der Waals surface area (Å²) in [7, 11) is 0. The highest BCUT2D eigenvalue weighted by molar-refractivity contribution is 5.70. The van der Waals surface area contributed by atoms with Gasteiger partial charge in [0.05, 0.1) is 6.04 Å². The molecule has 2 aromatic rings. The highest BCUT2D eigenvalue weighted by Crippen LogP contribution is 2.46. The Hall–Kier alpha value is -2.40. The van der Waals surface area contributed by atoms with Crippen LogP contribution in [0.1, 0.15) is 49.4 Å². The lowest BCUT2D eigenvalue weighted by molar-refractivity contribution is -0.0348. The molecule has 6 rings (SSSR count). The lowest BCUT2D eigenvalue weighted by Gasteiger charge is -2.44. The summed E-state index contributed by atoms with van der Waals surface area (Å²) in [6.07, 6.45) is 2.84. The van der Waals surface area contributed by atoms with E-state index in [1.165, 1.54) is 11.6 Å². The summed E-state index contributed by atoms with van der Waals surface area (Å²) in [5.74, 6) is 0.318. The van der Waals surface area contributed by atoms with Gasteiger partial charge in [-0.3, -0.25) is 4.90 Å². The number of rotatable bonds is 3. The molecule has 0 spiro atoms. The molecule has 5 heteroatoms. The first-order valence-electron chi connectivity index (χ1n) is 11.4. The number of nitrogens with one attached hydrogen (secondary N) is 1. The minimum absolute atomic E-state index is 0.00979. The van der Waals surface area contributed by atoms with Crippen LogP contribution in [0.5, 0.6) is 0 Å². The maximum Gasteiger partial charge on any atom is 0.407 e. The second-order valence-corrected chi connectivity index (χ2v) is 10.2. The third-order valence-electron chi connectivity index (χ3n) is 7.49. The summed E-state index contributed by atoms with van der Waals surface area (Å²) in [5, 5.41) is 3.18. The Labute approximate surface area is 183 Å². The summed E-state index contributed by atoms with van der Waals surface area (Å²) in [6.45, 7) is 9.29. The van der Waals surface area contributed by atoms with Gasteiger partial charge in [-0.05, 0) is 90.6 Å². The number of aryl methyl sites for hydroxylation is 1. The van der Waals surface area contributed by atoms with E-state index in [1.807, 2.05) is 12.1 Å². The van der Waals surface area contributed by atoms with Crippen molar-refractivity contribution >= 4 is 6.09 Å². The van der Waals surface area contributed by atoms with E-state index in [-0.39, 0.29) is 29.5 Å². The molecule has 31 heavy (non-hydrogen) atoms. The van der Waals surface area contributed by atoms with Crippen molar-refractivity contribution in [2.75, 3.05) is 19.6 Å². The molecule has 3 heterocycles. The van der Waals surface area contributed by atoms with Crippen LogP contribution in [0.3, 0.4) is 0 Å². The second kappa shape index (κ2) is 7.63. The van der Waals surface area contributed by atoms with Gasteiger partial charge in [-0.2, -0.15) is 0 Å². The summed E-state index contributed by atoms with van der Waals surface area (Å²) >= 11 is 0. The van der Waals surface area contributed by atoms with Crippen molar-refractivity contribution < 1.29 is 13.9 Å². The normalized spacial score (nSPS) is 28.3. The SMILES string of the molecule is Cc1cc(-c2ccc3c(c2)CC(C)(C)C3NC(=O)O[C@@H]2CN3CCC2CC3)ccc1F. The van der Waals surface area contributed by atoms with E-state index in [0.29, 0.717) is 11.5 Å². The standard InChI is InChI=1S/C26H31FN2O2/c1-16-12-18(5-7-22(16)27)19-4-6-21-20(13-19)14-26(2,3)24(21)28-25(30)31-23-15-29-10-8-17(23)9-11-29/h4-7,12-13,17,23-24H,8-11,14-15H2,1-3H3,(H,28,30)/t23-,24?/m1/s1. The number of ether oxygens (including phenoxy) is 1. The first-order chi connectivity index (χ1) is 14.8. The maximum absolute atomic E-state index is 13.7. The average Bonchev–Trinajstić information content (AvgIpc) is 2.99. The van der Waals surface area contributed by atoms with Gasteiger partial charge in [-0.15, -0.1) is 0 Å². The molecule has 164 valence electrons. The molecule has 0 aromatic heterocycles. The van der Waals surface area contributed by atoms with Crippen LogP contribution in [0.4, 0.5) is 9.18 Å². The van der Waals surface area contributed by atoms with E-state index in [9.17, 15) is 9.18 Å². The molecule has 3 saturated heterocycles. The predicted molar refractivity (Wildman–Crippen MR) is 119 cm³/mol. The first kappa shape index (κ1) is 20.5. The quantitative estimate of drug-likeness (QED) is 0.735. The third-order valence-corrected chi connectivity index (χ3v) is 7.49. The zero-order valence-electron chi connectivity index (χ0n) is 18.6. The molecule has 1 amide bonds. The molecular formula is C26H31FN2O2. The van der Waals surface area contributed by atoms with Gasteiger partial charge in [0.15, 0.2) is 0 Å². The fourth-order valence-corrected chi connectivity index (χ4v) is 5.66. The second-order valence-electron chi connectivity index (χ2n) is 10.2. The van der Waals surface area contributed by atoms with E-state index in [4.69, 9.17) is 4.74 Å². The van der Waals surface area contributed by atoms with Crippen LogP contribution < -0.4 is 5.32 Å². The highest BCUT2D eigenvalue weighted by atomic mass is 19.1. The number of hydrogen-bond donors (Lipinski definition) is 1. The average molecular weight is 423 g/mol. The van der Waals surface area contributed by atoms with Crippen LogP contribution in [0, 0.1) is 24.1 Å². The molecule has 2 bridgehead atoms. The number of benzene rings is 2. The number of nitrogens with zero attached hydrogens (tertiary/aromatic N) is 1. The van der Waals surface area contributed by atoms with Crippen molar-refractivity contribution in [3.63, 3.8) is 0 Å². The van der Waals surface area contributed by atoms with Gasteiger partial charge in [0, 0.05) is 6.54 Å². The number of piperidine rings is 3. The Bertz CT molecular complexity index is 1010. The number of fused-ring (bicyclic) bond motifs is 4. The maximum atomic E-state index is 13.7. The summed E-state index contributed by atoms with van der Waals surface area (Å²) < 4.78 is 19.6. The molecule has 0 saturated carbocycles. The molecule has 4 aliphatic rings. The Morgan fingerprint density at radius 1 is 1.13 bits per heavy atom. The Balaban J connectivity index is 1.33. The van der Waals surface area contributed by atoms with E-state index < -0.39 is 0 Å². The zero-order chi connectivity index (χ0) is 21.8. The van der Waals surface area contributed by atoms with Gasteiger partial charge in [0.2, 0.25) is 0 Å². The highest BCUT2D eigenvalue weighted by Gasteiger charge is 2.42. The van der Waals surface area contributed by atoms with Gasteiger partial charge in [0.1, 0.15) is 11.9 Å². The predicted octanol–water partition coefficient (Wildman–Crippen LogP) is 5.24. The largest absolute Gasteiger partial charge is 0.445 e. The van der Waals surface area contributed by atoms with Crippen molar-refractivity contribution in [3.8, 4) is 11.1 Å². The topological polar surface area (TPSA) is 41.6 Å². The fraction of sp³-hybridized carbons (Fsp3) is 0.500. The molecule has 3 aliphatic heterocycles. The Morgan fingerprint density at radius 3 is 2.52 bits per heavy atom. The number of hydrogen-bond acceptors (Lipinski definition) is 3. The lowest BCUT2D eigenvalue weighted by Crippen LogP contribution is -2.53.